The normalized spacial score (nSPS) is 18.4. The first-order chi connectivity index (χ1) is 12.8. The number of hydrogen-bond donors (Lipinski definition) is 1. The molecule has 0 radical (unpaired) electrons. The van der Waals surface area contributed by atoms with Crippen molar-refractivity contribution in [3.8, 4) is 0 Å². The molecule has 1 fully saturated rings. The van der Waals surface area contributed by atoms with Gasteiger partial charge in [0, 0.05) is 11.4 Å². The molecule has 0 atom stereocenters. The van der Waals surface area contributed by atoms with E-state index >= 15 is 0 Å². The van der Waals surface area contributed by atoms with Crippen LogP contribution in [0, 0.1) is 13.8 Å². The molecule has 4 heteroatoms. The van der Waals surface area contributed by atoms with Crippen LogP contribution in [0.4, 0.5) is 11.4 Å². The predicted octanol–water partition coefficient (Wildman–Crippen LogP) is 5.64. The molecule has 1 aliphatic heterocycles. The molecule has 2 aromatic carbocycles. The van der Waals surface area contributed by atoms with Gasteiger partial charge in [-0.2, -0.15) is 0 Å². The van der Waals surface area contributed by atoms with Crippen LogP contribution < -0.4 is 10.8 Å². The summed E-state index contributed by atoms with van der Waals surface area (Å²) in [5.74, 6) is 0. The van der Waals surface area contributed by atoms with Gasteiger partial charge < -0.3 is 14.6 Å². The summed E-state index contributed by atoms with van der Waals surface area (Å²) in [4.78, 5) is 0. The lowest BCUT2D eigenvalue weighted by Gasteiger charge is -2.32. The highest BCUT2D eigenvalue weighted by Crippen LogP contribution is 2.36. The molecule has 3 nitrogen and oxygen atoms in total. The summed E-state index contributed by atoms with van der Waals surface area (Å²) in [7, 11) is -0.325. The van der Waals surface area contributed by atoms with E-state index in [1.165, 1.54) is 22.4 Å². The molecule has 150 valence electrons. The van der Waals surface area contributed by atoms with E-state index < -0.39 is 0 Å². The van der Waals surface area contributed by atoms with Crippen LogP contribution in [-0.2, 0) is 14.7 Å². The average Bonchev–Trinajstić information content (AvgIpc) is 2.78. The highest BCUT2D eigenvalue weighted by atomic mass is 16.7. The zero-order chi connectivity index (χ0) is 20.9. The van der Waals surface area contributed by atoms with Crippen molar-refractivity contribution in [1.29, 1.82) is 0 Å². The van der Waals surface area contributed by atoms with Gasteiger partial charge in [-0.05, 0) is 81.2 Å². The van der Waals surface area contributed by atoms with Crippen LogP contribution in [0.2, 0.25) is 0 Å². The maximum atomic E-state index is 6.15. The molecule has 1 N–H and O–H groups in total. The SMILES string of the molecule is Cc1cc(C(C)(C)C)cc(C)c1Nc1ccc(B2OC(C)(C)C(C)(C)O2)cc1. The lowest BCUT2D eigenvalue weighted by Crippen LogP contribution is -2.41. The van der Waals surface area contributed by atoms with Crippen molar-refractivity contribution < 1.29 is 9.31 Å². The Morgan fingerprint density at radius 2 is 1.29 bits per heavy atom. The van der Waals surface area contributed by atoms with Crippen LogP contribution in [0.1, 0.15) is 65.2 Å². The van der Waals surface area contributed by atoms with Gasteiger partial charge in [-0.1, -0.05) is 45.0 Å². The van der Waals surface area contributed by atoms with Crippen LogP contribution >= 0.6 is 0 Å². The van der Waals surface area contributed by atoms with Gasteiger partial charge in [-0.15, -0.1) is 0 Å². The quantitative estimate of drug-likeness (QED) is 0.700. The Morgan fingerprint density at radius 1 is 0.821 bits per heavy atom. The predicted molar refractivity (Wildman–Crippen MR) is 120 cm³/mol. The number of benzene rings is 2. The molecule has 1 aliphatic rings. The molecule has 0 bridgehead atoms. The largest absolute Gasteiger partial charge is 0.494 e. The monoisotopic (exact) mass is 379 g/mol. The minimum Gasteiger partial charge on any atom is -0.399 e. The summed E-state index contributed by atoms with van der Waals surface area (Å²) in [5.41, 5.74) is 6.68. The Labute approximate surface area is 171 Å². The van der Waals surface area contributed by atoms with Crippen molar-refractivity contribution in [2.75, 3.05) is 5.32 Å². The first-order valence-electron chi connectivity index (χ1n) is 10.1. The van der Waals surface area contributed by atoms with E-state index in [4.69, 9.17) is 9.31 Å². The van der Waals surface area contributed by atoms with E-state index in [0.717, 1.165) is 11.2 Å². The van der Waals surface area contributed by atoms with Gasteiger partial charge in [0.2, 0.25) is 0 Å². The summed E-state index contributed by atoms with van der Waals surface area (Å²) in [6, 6.07) is 12.9. The summed E-state index contributed by atoms with van der Waals surface area (Å²) >= 11 is 0. The second kappa shape index (κ2) is 6.93. The number of anilines is 2. The maximum absolute atomic E-state index is 6.15. The first kappa shape index (κ1) is 20.9. The third-order valence-corrected chi connectivity index (χ3v) is 6.10. The van der Waals surface area contributed by atoms with Gasteiger partial charge in [-0.25, -0.2) is 0 Å². The fraction of sp³-hybridized carbons (Fsp3) is 0.500. The summed E-state index contributed by atoms with van der Waals surface area (Å²) < 4.78 is 12.3. The first-order valence-corrected chi connectivity index (χ1v) is 10.1. The maximum Gasteiger partial charge on any atom is 0.494 e. The zero-order valence-electron chi connectivity index (χ0n) is 18.9. The molecule has 2 aromatic rings. The van der Waals surface area contributed by atoms with E-state index in [1.807, 2.05) is 0 Å². The van der Waals surface area contributed by atoms with Crippen molar-refractivity contribution in [3.63, 3.8) is 0 Å². The molecule has 1 heterocycles. The molecule has 0 spiro atoms. The third-order valence-electron chi connectivity index (χ3n) is 6.10. The number of hydrogen-bond acceptors (Lipinski definition) is 3. The number of nitrogens with one attached hydrogen (secondary N) is 1. The minimum atomic E-state index is -0.325. The van der Waals surface area contributed by atoms with Gasteiger partial charge in [0.05, 0.1) is 11.2 Å². The third kappa shape index (κ3) is 3.99. The average molecular weight is 379 g/mol. The van der Waals surface area contributed by atoms with E-state index in [0.29, 0.717) is 0 Å². The summed E-state index contributed by atoms with van der Waals surface area (Å²) in [6.45, 7) is 19.4. The Balaban J connectivity index is 1.79. The van der Waals surface area contributed by atoms with Crippen LogP contribution in [0.25, 0.3) is 0 Å². The van der Waals surface area contributed by atoms with Gasteiger partial charge in [-0.3, -0.25) is 0 Å². The fourth-order valence-corrected chi connectivity index (χ4v) is 3.44. The molecule has 28 heavy (non-hydrogen) atoms. The van der Waals surface area contributed by atoms with E-state index in [9.17, 15) is 0 Å². The molecule has 3 rings (SSSR count). The Bertz CT molecular complexity index is 824. The van der Waals surface area contributed by atoms with Crippen LogP contribution in [0.15, 0.2) is 36.4 Å². The molecule has 0 saturated carbocycles. The summed E-state index contributed by atoms with van der Waals surface area (Å²) in [5, 5.41) is 3.59. The lowest BCUT2D eigenvalue weighted by atomic mass is 9.79. The smallest absolute Gasteiger partial charge is 0.399 e. The van der Waals surface area contributed by atoms with E-state index in [1.54, 1.807) is 0 Å². The molecule has 0 aromatic heterocycles. The van der Waals surface area contributed by atoms with Gasteiger partial charge in [0.15, 0.2) is 0 Å². The number of rotatable bonds is 3. The summed E-state index contributed by atoms with van der Waals surface area (Å²) in [6.07, 6.45) is 0. The van der Waals surface area contributed by atoms with Crippen molar-refractivity contribution >= 4 is 24.0 Å². The molecule has 0 unspecified atom stereocenters. The topological polar surface area (TPSA) is 30.5 Å². The molecular weight excluding hydrogens is 345 g/mol. The van der Waals surface area contributed by atoms with Gasteiger partial charge in [0.1, 0.15) is 0 Å². The van der Waals surface area contributed by atoms with E-state index in [2.05, 4.69) is 104 Å². The van der Waals surface area contributed by atoms with Crippen LogP contribution in [-0.4, -0.2) is 18.3 Å². The highest BCUT2D eigenvalue weighted by Gasteiger charge is 2.51. The van der Waals surface area contributed by atoms with Crippen molar-refractivity contribution in [2.45, 2.75) is 78.9 Å². The second-order valence-corrected chi connectivity index (χ2v) is 10.1. The molecule has 1 saturated heterocycles. The van der Waals surface area contributed by atoms with Crippen molar-refractivity contribution in [3.05, 3.63) is 53.1 Å². The standard InChI is InChI=1S/C24H34BNO2/c1-16-14-18(22(3,4)5)15-17(2)21(16)26-20-12-10-19(11-13-20)25-27-23(6,7)24(8,9)28-25/h10-15,26H,1-9H3. The molecule has 0 amide bonds. The lowest BCUT2D eigenvalue weighted by molar-refractivity contribution is 0.00578. The Kier molecular flexibility index (Phi) is 5.18. The van der Waals surface area contributed by atoms with E-state index in [-0.39, 0.29) is 23.7 Å². The fourth-order valence-electron chi connectivity index (χ4n) is 3.44. The highest BCUT2D eigenvalue weighted by molar-refractivity contribution is 6.62. The second-order valence-electron chi connectivity index (χ2n) is 10.1. The number of aryl methyl sites for hydroxylation is 2. The van der Waals surface area contributed by atoms with Crippen LogP contribution in [0.3, 0.4) is 0 Å². The Morgan fingerprint density at radius 3 is 1.71 bits per heavy atom. The molecule has 0 aliphatic carbocycles. The van der Waals surface area contributed by atoms with Crippen molar-refractivity contribution in [1.82, 2.24) is 0 Å². The Hall–Kier alpha value is -1.78. The van der Waals surface area contributed by atoms with Crippen molar-refractivity contribution in [2.24, 2.45) is 0 Å². The molecular formula is C24H34BNO2. The van der Waals surface area contributed by atoms with Gasteiger partial charge >= 0.3 is 7.12 Å². The zero-order valence-corrected chi connectivity index (χ0v) is 18.9. The van der Waals surface area contributed by atoms with Crippen LogP contribution in [0.5, 0.6) is 0 Å². The van der Waals surface area contributed by atoms with Gasteiger partial charge in [0.25, 0.3) is 0 Å². The minimum absolute atomic E-state index is 0.151.